The number of ether oxygens (including phenoxy) is 3. The molecular weight excluding hydrogens is 322 g/mol. The third-order valence-corrected chi connectivity index (χ3v) is 3.89. The van der Waals surface area contributed by atoms with Gasteiger partial charge in [-0.1, -0.05) is 11.6 Å². The number of nitrogens with one attached hydrogen (secondary N) is 1. The molecule has 1 aromatic rings. The number of hydrogen-bond acceptors (Lipinski definition) is 5. The highest BCUT2D eigenvalue weighted by atomic mass is 35.5. The highest BCUT2D eigenvalue weighted by Gasteiger charge is 2.20. The Labute approximate surface area is 140 Å². The Bertz CT molecular complexity index is 572. The SMILES string of the molecule is COC(=O)c1cc(NC(=O)C(C)OCC2CCCO2)ccc1Cl. The van der Waals surface area contributed by atoms with Crippen molar-refractivity contribution in [1.29, 1.82) is 0 Å². The summed E-state index contributed by atoms with van der Waals surface area (Å²) in [4.78, 5) is 23.7. The predicted octanol–water partition coefficient (Wildman–Crippen LogP) is 2.65. The lowest BCUT2D eigenvalue weighted by atomic mass is 10.2. The molecule has 0 radical (unpaired) electrons. The summed E-state index contributed by atoms with van der Waals surface area (Å²) in [7, 11) is 1.27. The molecule has 0 bridgehead atoms. The van der Waals surface area contributed by atoms with Crippen LogP contribution >= 0.6 is 11.6 Å². The molecule has 1 amide bonds. The summed E-state index contributed by atoms with van der Waals surface area (Å²) >= 11 is 5.94. The van der Waals surface area contributed by atoms with Crippen molar-refractivity contribution in [3.63, 3.8) is 0 Å². The molecule has 1 aliphatic rings. The molecule has 7 heteroatoms. The molecule has 1 fully saturated rings. The van der Waals surface area contributed by atoms with E-state index in [-0.39, 0.29) is 22.6 Å². The summed E-state index contributed by atoms with van der Waals surface area (Å²) in [5, 5.41) is 2.95. The summed E-state index contributed by atoms with van der Waals surface area (Å²) in [5.74, 6) is -0.866. The van der Waals surface area contributed by atoms with Crippen molar-refractivity contribution < 1.29 is 23.8 Å². The summed E-state index contributed by atoms with van der Waals surface area (Å²) < 4.78 is 15.6. The van der Waals surface area contributed by atoms with E-state index in [0.29, 0.717) is 12.3 Å². The first-order chi connectivity index (χ1) is 11.0. The lowest BCUT2D eigenvalue weighted by molar-refractivity contribution is -0.128. The van der Waals surface area contributed by atoms with Gasteiger partial charge in [-0.3, -0.25) is 4.79 Å². The number of rotatable bonds is 6. The maximum Gasteiger partial charge on any atom is 0.339 e. The minimum atomic E-state index is -0.628. The van der Waals surface area contributed by atoms with E-state index in [0.717, 1.165) is 19.4 Å². The van der Waals surface area contributed by atoms with Gasteiger partial charge in [-0.25, -0.2) is 4.79 Å². The van der Waals surface area contributed by atoms with Crippen LogP contribution < -0.4 is 5.32 Å². The van der Waals surface area contributed by atoms with Crippen LogP contribution in [0.1, 0.15) is 30.1 Å². The molecule has 23 heavy (non-hydrogen) atoms. The molecule has 0 spiro atoms. The Morgan fingerprint density at radius 1 is 1.48 bits per heavy atom. The molecule has 0 aromatic heterocycles. The maximum atomic E-state index is 12.1. The second-order valence-corrected chi connectivity index (χ2v) is 5.69. The molecule has 2 rings (SSSR count). The van der Waals surface area contributed by atoms with Crippen molar-refractivity contribution in [2.45, 2.75) is 32.0 Å². The molecule has 126 valence electrons. The van der Waals surface area contributed by atoms with Gasteiger partial charge < -0.3 is 19.5 Å². The average Bonchev–Trinajstić information content (AvgIpc) is 3.07. The van der Waals surface area contributed by atoms with Crippen LogP contribution in [0.2, 0.25) is 5.02 Å². The third-order valence-electron chi connectivity index (χ3n) is 3.56. The van der Waals surface area contributed by atoms with Gasteiger partial charge in [0.15, 0.2) is 0 Å². The van der Waals surface area contributed by atoms with Crippen LogP contribution in [-0.4, -0.2) is 44.4 Å². The van der Waals surface area contributed by atoms with Gasteiger partial charge in [-0.15, -0.1) is 0 Å². The minimum absolute atomic E-state index is 0.0618. The number of methoxy groups -OCH3 is 1. The first-order valence-corrected chi connectivity index (χ1v) is 7.81. The second-order valence-electron chi connectivity index (χ2n) is 5.29. The van der Waals surface area contributed by atoms with Crippen LogP contribution in [0.25, 0.3) is 0 Å². The third kappa shape index (κ3) is 4.92. The number of hydrogen-bond donors (Lipinski definition) is 1. The van der Waals surface area contributed by atoms with E-state index in [1.165, 1.54) is 19.2 Å². The van der Waals surface area contributed by atoms with Crippen molar-refractivity contribution in [1.82, 2.24) is 0 Å². The van der Waals surface area contributed by atoms with Gasteiger partial charge in [0.25, 0.3) is 5.91 Å². The van der Waals surface area contributed by atoms with Gasteiger partial charge in [0.05, 0.1) is 30.4 Å². The molecule has 2 unspecified atom stereocenters. The van der Waals surface area contributed by atoms with Crippen molar-refractivity contribution >= 4 is 29.2 Å². The number of amides is 1. The zero-order valence-electron chi connectivity index (χ0n) is 13.1. The largest absolute Gasteiger partial charge is 0.465 e. The Morgan fingerprint density at radius 3 is 2.91 bits per heavy atom. The Hall–Kier alpha value is -1.63. The zero-order valence-corrected chi connectivity index (χ0v) is 13.9. The number of anilines is 1. The van der Waals surface area contributed by atoms with Crippen molar-refractivity contribution in [3.05, 3.63) is 28.8 Å². The number of carbonyl (C=O) groups is 2. The Balaban J connectivity index is 1.92. The van der Waals surface area contributed by atoms with E-state index >= 15 is 0 Å². The first kappa shape index (κ1) is 17.7. The summed E-state index contributed by atoms with van der Waals surface area (Å²) in [5.41, 5.74) is 0.646. The van der Waals surface area contributed by atoms with Crippen molar-refractivity contribution in [3.8, 4) is 0 Å². The number of halogens is 1. The van der Waals surface area contributed by atoms with E-state index in [9.17, 15) is 9.59 Å². The average molecular weight is 342 g/mol. The molecular formula is C16H20ClNO5. The van der Waals surface area contributed by atoms with Gasteiger partial charge in [-0.2, -0.15) is 0 Å². The van der Waals surface area contributed by atoms with Gasteiger partial charge in [0, 0.05) is 12.3 Å². The molecule has 0 saturated carbocycles. The summed E-state index contributed by atoms with van der Waals surface area (Å²) in [6.07, 6.45) is 1.41. The van der Waals surface area contributed by atoms with Crippen molar-refractivity contribution in [2.24, 2.45) is 0 Å². The van der Waals surface area contributed by atoms with Crippen LogP contribution in [0.3, 0.4) is 0 Å². The van der Waals surface area contributed by atoms with E-state index in [1.54, 1.807) is 13.0 Å². The molecule has 0 aliphatic carbocycles. The van der Waals surface area contributed by atoms with Crippen LogP contribution in [0.15, 0.2) is 18.2 Å². The highest BCUT2D eigenvalue weighted by Crippen LogP contribution is 2.21. The summed E-state index contributed by atoms with van der Waals surface area (Å²) in [6, 6.07) is 4.61. The van der Waals surface area contributed by atoms with E-state index in [2.05, 4.69) is 10.1 Å². The van der Waals surface area contributed by atoms with Gasteiger partial charge in [0.2, 0.25) is 0 Å². The lowest BCUT2D eigenvalue weighted by Gasteiger charge is -2.16. The van der Waals surface area contributed by atoms with Crippen LogP contribution in [0, 0.1) is 0 Å². The Morgan fingerprint density at radius 2 is 2.26 bits per heavy atom. The quantitative estimate of drug-likeness (QED) is 0.805. The second kappa shape index (κ2) is 8.29. The van der Waals surface area contributed by atoms with Gasteiger partial charge >= 0.3 is 5.97 Å². The molecule has 6 nitrogen and oxygen atoms in total. The normalized spacial score (nSPS) is 18.5. The topological polar surface area (TPSA) is 73.9 Å². The molecule has 1 N–H and O–H groups in total. The van der Waals surface area contributed by atoms with Crippen LogP contribution in [-0.2, 0) is 19.0 Å². The van der Waals surface area contributed by atoms with E-state index in [4.69, 9.17) is 21.1 Å². The fourth-order valence-corrected chi connectivity index (χ4v) is 2.41. The highest BCUT2D eigenvalue weighted by molar-refractivity contribution is 6.33. The summed E-state index contributed by atoms with van der Waals surface area (Å²) in [6.45, 7) is 2.81. The maximum absolute atomic E-state index is 12.1. The van der Waals surface area contributed by atoms with Crippen LogP contribution in [0.4, 0.5) is 5.69 Å². The number of esters is 1. The fourth-order valence-electron chi connectivity index (χ4n) is 2.22. The fraction of sp³-hybridized carbons (Fsp3) is 0.500. The standard InChI is InChI=1S/C16H20ClNO5/c1-10(23-9-12-4-3-7-22-12)15(19)18-11-5-6-14(17)13(8-11)16(20)21-2/h5-6,8,10,12H,3-4,7,9H2,1-2H3,(H,18,19). The zero-order chi connectivity index (χ0) is 16.8. The lowest BCUT2D eigenvalue weighted by Crippen LogP contribution is -2.30. The smallest absolute Gasteiger partial charge is 0.339 e. The van der Waals surface area contributed by atoms with E-state index in [1.807, 2.05) is 0 Å². The van der Waals surface area contributed by atoms with Gasteiger partial charge in [-0.05, 0) is 38.0 Å². The van der Waals surface area contributed by atoms with Crippen molar-refractivity contribution in [2.75, 3.05) is 25.6 Å². The Kier molecular flexibility index (Phi) is 6.38. The minimum Gasteiger partial charge on any atom is -0.465 e. The molecule has 2 atom stereocenters. The first-order valence-electron chi connectivity index (χ1n) is 7.43. The number of carbonyl (C=O) groups excluding carboxylic acids is 2. The number of benzene rings is 1. The van der Waals surface area contributed by atoms with Gasteiger partial charge in [0.1, 0.15) is 6.10 Å². The predicted molar refractivity (Wildman–Crippen MR) is 85.8 cm³/mol. The monoisotopic (exact) mass is 341 g/mol. The van der Waals surface area contributed by atoms with Crippen LogP contribution in [0.5, 0.6) is 0 Å². The molecule has 1 aromatic carbocycles. The molecule has 1 saturated heterocycles. The van der Waals surface area contributed by atoms with E-state index < -0.39 is 12.1 Å². The molecule has 1 heterocycles. The molecule has 1 aliphatic heterocycles.